The van der Waals surface area contributed by atoms with Crippen molar-refractivity contribution >= 4 is 11.9 Å². The Bertz CT molecular complexity index is 399. The molecule has 0 saturated carbocycles. The summed E-state index contributed by atoms with van der Waals surface area (Å²) in [6.45, 7) is 5.56. The largest absolute Gasteiger partial charge is 0.465 e. The molecule has 0 rings (SSSR count). The highest BCUT2D eigenvalue weighted by atomic mass is 16.5. The highest BCUT2D eigenvalue weighted by molar-refractivity contribution is 5.69. The predicted octanol–water partition coefficient (Wildman–Crippen LogP) is 3.12. The van der Waals surface area contributed by atoms with Crippen LogP contribution in [0.2, 0.25) is 0 Å². The van der Waals surface area contributed by atoms with Crippen LogP contribution >= 0.6 is 0 Å². The molecule has 0 aliphatic carbocycles. The molecule has 0 aromatic rings. The standard InChI is InChI=1S/C22H42O7/c1-4-9-18(24)11-7-13-20(26)28-16-22(6-3,15-23)17-29-21(27)14-8-12-19(25)10-5-2/h18-19,23-25H,4-17H2,1-3H3. The van der Waals surface area contributed by atoms with Crippen molar-refractivity contribution in [2.24, 2.45) is 5.41 Å². The van der Waals surface area contributed by atoms with E-state index < -0.39 is 5.41 Å². The average Bonchev–Trinajstić information content (AvgIpc) is 2.69. The summed E-state index contributed by atoms with van der Waals surface area (Å²) in [5.74, 6) is -0.757. The summed E-state index contributed by atoms with van der Waals surface area (Å²) >= 11 is 0. The number of esters is 2. The minimum absolute atomic E-state index is 0.0150. The minimum atomic E-state index is -0.811. The van der Waals surface area contributed by atoms with Gasteiger partial charge in [-0.3, -0.25) is 9.59 Å². The van der Waals surface area contributed by atoms with Crippen molar-refractivity contribution in [2.45, 2.75) is 104 Å². The molecule has 29 heavy (non-hydrogen) atoms. The van der Waals surface area contributed by atoms with Crippen molar-refractivity contribution in [1.82, 2.24) is 0 Å². The van der Waals surface area contributed by atoms with Crippen molar-refractivity contribution in [3.05, 3.63) is 0 Å². The fourth-order valence-corrected chi connectivity index (χ4v) is 2.98. The van der Waals surface area contributed by atoms with Crippen molar-refractivity contribution in [2.75, 3.05) is 19.8 Å². The van der Waals surface area contributed by atoms with E-state index in [0.29, 0.717) is 32.1 Å². The van der Waals surface area contributed by atoms with E-state index in [2.05, 4.69) is 0 Å². The van der Waals surface area contributed by atoms with Gasteiger partial charge in [0.2, 0.25) is 0 Å². The molecule has 7 nitrogen and oxygen atoms in total. The molecule has 0 aliphatic heterocycles. The van der Waals surface area contributed by atoms with Crippen LogP contribution in [0.1, 0.15) is 91.4 Å². The monoisotopic (exact) mass is 418 g/mol. The summed E-state index contributed by atoms with van der Waals surface area (Å²) in [7, 11) is 0. The number of carbonyl (C=O) groups is 2. The lowest BCUT2D eigenvalue weighted by Gasteiger charge is -2.29. The second kappa shape index (κ2) is 16.6. The first-order valence-electron chi connectivity index (χ1n) is 11.1. The zero-order valence-corrected chi connectivity index (χ0v) is 18.5. The van der Waals surface area contributed by atoms with Gasteiger partial charge in [0.1, 0.15) is 13.2 Å². The summed E-state index contributed by atoms with van der Waals surface area (Å²) in [5.41, 5.74) is -0.811. The number of ether oxygens (including phenoxy) is 2. The first-order chi connectivity index (χ1) is 13.8. The average molecular weight is 419 g/mol. The molecule has 0 bridgehead atoms. The molecule has 0 heterocycles. The van der Waals surface area contributed by atoms with Gasteiger partial charge in [0.25, 0.3) is 0 Å². The Morgan fingerprint density at radius 2 is 1.21 bits per heavy atom. The van der Waals surface area contributed by atoms with Gasteiger partial charge in [-0.15, -0.1) is 0 Å². The summed E-state index contributed by atoms with van der Waals surface area (Å²) in [5, 5.41) is 29.2. The Hall–Kier alpha value is -1.18. The third-order valence-electron chi connectivity index (χ3n) is 5.24. The van der Waals surface area contributed by atoms with Crippen LogP contribution in [-0.2, 0) is 19.1 Å². The second-order valence-electron chi connectivity index (χ2n) is 8.00. The highest BCUT2D eigenvalue weighted by Gasteiger charge is 2.31. The number of hydrogen-bond acceptors (Lipinski definition) is 7. The maximum atomic E-state index is 11.9. The van der Waals surface area contributed by atoms with Gasteiger partial charge in [0.05, 0.1) is 24.2 Å². The summed E-state index contributed by atoms with van der Waals surface area (Å²) in [6.07, 6.45) is 5.63. The van der Waals surface area contributed by atoms with Gasteiger partial charge in [-0.25, -0.2) is 0 Å². The van der Waals surface area contributed by atoms with Crippen LogP contribution in [-0.4, -0.2) is 59.3 Å². The molecule has 0 saturated heterocycles. The topological polar surface area (TPSA) is 113 Å². The maximum Gasteiger partial charge on any atom is 0.305 e. The summed E-state index contributed by atoms with van der Waals surface area (Å²) < 4.78 is 10.6. The normalized spacial score (nSPS) is 15.4. The van der Waals surface area contributed by atoms with Gasteiger partial charge >= 0.3 is 11.9 Å². The number of carbonyl (C=O) groups excluding carboxylic acids is 2. The zero-order valence-electron chi connectivity index (χ0n) is 18.5. The number of aliphatic hydroxyl groups excluding tert-OH is 3. The van der Waals surface area contributed by atoms with Crippen LogP contribution < -0.4 is 0 Å². The van der Waals surface area contributed by atoms with E-state index in [4.69, 9.17) is 9.47 Å². The van der Waals surface area contributed by atoms with E-state index in [1.165, 1.54) is 0 Å². The van der Waals surface area contributed by atoms with Crippen molar-refractivity contribution < 1.29 is 34.4 Å². The molecule has 172 valence electrons. The van der Waals surface area contributed by atoms with Crippen LogP contribution in [0.5, 0.6) is 0 Å². The van der Waals surface area contributed by atoms with E-state index in [1.54, 1.807) is 0 Å². The first kappa shape index (κ1) is 27.8. The maximum absolute atomic E-state index is 11.9. The lowest BCUT2D eigenvalue weighted by Crippen LogP contribution is -2.37. The highest BCUT2D eigenvalue weighted by Crippen LogP contribution is 2.23. The molecule has 7 heteroatoms. The van der Waals surface area contributed by atoms with Crippen molar-refractivity contribution in [3.63, 3.8) is 0 Å². The van der Waals surface area contributed by atoms with Crippen LogP contribution in [0.25, 0.3) is 0 Å². The quantitative estimate of drug-likeness (QED) is 0.293. The fourth-order valence-electron chi connectivity index (χ4n) is 2.98. The molecule has 0 aliphatic rings. The SMILES string of the molecule is CCCC(O)CCCC(=O)OCC(CC)(CO)COC(=O)CCCC(O)CCC. The summed E-state index contributed by atoms with van der Waals surface area (Å²) in [6, 6.07) is 0. The van der Waals surface area contributed by atoms with Crippen LogP contribution in [0.4, 0.5) is 0 Å². The van der Waals surface area contributed by atoms with Gasteiger partial charge in [0.15, 0.2) is 0 Å². The van der Waals surface area contributed by atoms with Crippen molar-refractivity contribution in [1.29, 1.82) is 0 Å². The molecule has 0 amide bonds. The van der Waals surface area contributed by atoms with E-state index in [1.807, 2.05) is 20.8 Å². The third-order valence-corrected chi connectivity index (χ3v) is 5.24. The number of rotatable bonds is 18. The van der Waals surface area contributed by atoms with Crippen LogP contribution in [0.3, 0.4) is 0 Å². The van der Waals surface area contributed by atoms with Gasteiger partial charge in [-0.2, -0.15) is 0 Å². The van der Waals surface area contributed by atoms with E-state index in [0.717, 1.165) is 25.7 Å². The number of hydrogen-bond donors (Lipinski definition) is 3. The lowest BCUT2D eigenvalue weighted by molar-refractivity contribution is -0.156. The van der Waals surface area contributed by atoms with E-state index in [9.17, 15) is 24.9 Å². The smallest absolute Gasteiger partial charge is 0.305 e. The van der Waals surface area contributed by atoms with Crippen LogP contribution in [0.15, 0.2) is 0 Å². The molecule has 0 aromatic heterocycles. The second-order valence-corrected chi connectivity index (χ2v) is 8.00. The van der Waals surface area contributed by atoms with Gasteiger partial charge in [0, 0.05) is 12.8 Å². The first-order valence-corrected chi connectivity index (χ1v) is 11.1. The molecule has 0 fully saturated rings. The Labute approximate surface area is 175 Å². The predicted molar refractivity (Wildman–Crippen MR) is 111 cm³/mol. The molecule has 3 N–H and O–H groups in total. The minimum Gasteiger partial charge on any atom is -0.465 e. The van der Waals surface area contributed by atoms with Gasteiger partial charge in [-0.05, 0) is 44.9 Å². The number of aliphatic hydroxyl groups is 3. The Kier molecular flexibility index (Phi) is 15.9. The van der Waals surface area contributed by atoms with E-state index >= 15 is 0 Å². The Morgan fingerprint density at radius 1 is 0.793 bits per heavy atom. The van der Waals surface area contributed by atoms with Crippen LogP contribution in [0, 0.1) is 5.41 Å². The Morgan fingerprint density at radius 3 is 1.52 bits per heavy atom. The Balaban J connectivity index is 4.24. The molecule has 0 radical (unpaired) electrons. The molecular formula is C22H42O7. The third kappa shape index (κ3) is 13.6. The van der Waals surface area contributed by atoms with E-state index in [-0.39, 0.29) is 56.8 Å². The van der Waals surface area contributed by atoms with Gasteiger partial charge < -0.3 is 24.8 Å². The van der Waals surface area contributed by atoms with Crippen molar-refractivity contribution in [3.8, 4) is 0 Å². The molecule has 2 unspecified atom stereocenters. The lowest BCUT2D eigenvalue weighted by atomic mass is 9.88. The zero-order chi connectivity index (χ0) is 22.1. The fraction of sp³-hybridized carbons (Fsp3) is 0.909. The molecular weight excluding hydrogens is 376 g/mol. The summed E-state index contributed by atoms with van der Waals surface area (Å²) in [4.78, 5) is 23.9. The van der Waals surface area contributed by atoms with Gasteiger partial charge in [-0.1, -0.05) is 33.6 Å². The molecule has 0 aromatic carbocycles. The molecule has 0 spiro atoms. The molecule has 2 atom stereocenters.